The van der Waals surface area contributed by atoms with E-state index in [1.807, 2.05) is 13.0 Å². The number of methoxy groups -OCH3 is 1. The first kappa shape index (κ1) is 17.5. The van der Waals surface area contributed by atoms with Gasteiger partial charge in [-0.15, -0.1) is 0 Å². The van der Waals surface area contributed by atoms with Crippen LogP contribution in [0.4, 0.5) is 8.78 Å². The van der Waals surface area contributed by atoms with Crippen molar-refractivity contribution in [1.82, 2.24) is 5.32 Å². The van der Waals surface area contributed by atoms with Gasteiger partial charge in [-0.1, -0.05) is 30.7 Å². The van der Waals surface area contributed by atoms with Gasteiger partial charge in [-0.25, -0.2) is 0 Å². The Morgan fingerprint density at radius 3 is 2.68 bits per heavy atom. The second-order valence-electron chi connectivity index (χ2n) is 5.64. The molecule has 0 radical (unpaired) electrons. The van der Waals surface area contributed by atoms with Crippen molar-refractivity contribution in [3.8, 4) is 5.75 Å². The monoisotopic (exact) mass is 331 g/mol. The molecule has 1 aromatic carbocycles. The first-order valence-electron chi connectivity index (χ1n) is 7.58. The number of alkyl halides is 2. The van der Waals surface area contributed by atoms with Crippen molar-refractivity contribution in [2.75, 3.05) is 7.11 Å². The fourth-order valence-electron chi connectivity index (χ4n) is 2.87. The van der Waals surface area contributed by atoms with Crippen LogP contribution in [0.3, 0.4) is 0 Å². The van der Waals surface area contributed by atoms with Gasteiger partial charge in [0.05, 0.1) is 18.1 Å². The van der Waals surface area contributed by atoms with Crippen molar-refractivity contribution in [3.05, 3.63) is 23.8 Å². The van der Waals surface area contributed by atoms with E-state index in [2.05, 4.69) is 5.32 Å². The van der Waals surface area contributed by atoms with Crippen molar-refractivity contribution in [2.24, 2.45) is 0 Å². The first-order chi connectivity index (χ1) is 10.5. The average Bonchev–Trinajstić information content (AvgIpc) is 2.49. The maximum absolute atomic E-state index is 12.5. The number of benzene rings is 1. The van der Waals surface area contributed by atoms with E-state index in [0.29, 0.717) is 22.4 Å². The van der Waals surface area contributed by atoms with Gasteiger partial charge in [0.15, 0.2) is 0 Å². The zero-order chi connectivity index (χ0) is 16.1. The molecule has 3 atom stereocenters. The van der Waals surface area contributed by atoms with Crippen molar-refractivity contribution < 1.29 is 18.6 Å². The number of ether oxygens (including phenoxy) is 1. The molecule has 6 heteroatoms. The lowest BCUT2D eigenvalue weighted by Gasteiger charge is -2.31. The van der Waals surface area contributed by atoms with Crippen LogP contribution in [-0.4, -0.2) is 30.1 Å². The Hall–Kier alpha value is -0.850. The molecule has 2 rings (SSSR count). The van der Waals surface area contributed by atoms with Gasteiger partial charge in [0.1, 0.15) is 5.75 Å². The van der Waals surface area contributed by atoms with E-state index in [9.17, 15) is 13.9 Å². The number of aliphatic hydroxyl groups is 1. The molecule has 3 nitrogen and oxygen atoms in total. The van der Waals surface area contributed by atoms with Crippen LogP contribution in [0.5, 0.6) is 5.75 Å². The van der Waals surface area contributed by atoms with Crippen LogP contribution < -0.4 is 10.1 Å². The highest BCUT2D eigenvalue weighted by molar-refractivity contribution is 7.99. The molecule has 0 saturated heterocycles. The molecule has 1 aliphatic carbocycles. The van der Waals surface area contributed by atoms with Crippen molar-refractivity contribution in [2.45, 2.75) is 61.4 Å². The fraction of sp³-hybridized carbons (Fsp3) is 0.625. The van der Waals surface area contributed by atoms with E-state index in [4.69, 9.17) is 4.74 Å². The summed E-state index contributed by atoms with van der Waals surface area (Å²) in [5.41, 5.74) is 0.966. The maximum Gasteiger partial charge on any atom is 0.289 e. The number of nitrogens with one attached hydrogen (secondary N) is 1. The highest BCUT2D eigenvalue weighted by Gasteiger charge is 2.24. The van der Waals surface area contributed by atoms with E-state index in [0.717, 1.165) is 31.2 Å². The van der Waals surface area contributed by atoms with Gasteiger partial charge in [0.2, 0.25) is 0 Å². The van der Waals surface area contributed by atoms with Crippen LogP contribution in [0.2, 0.25) is 0 Å². The van der Waals surface area contributed by atoms with Crippen LogP contribution in [0.25, 0.3) is 0 Å². The molecule has 0 bridgehead atoms. The minimum atomic E-state index is -2.47. The summed E-state index contributed by atoms with van der Waals surface area (Å²) >= 11 is 0.487. The second-order valence-corrected chi connectivity index (χ2v) is 6.67. The topological polar surface area (TPSA) is 41.5 Å². The summed E-state index contributed by atoms with van der Waals surface area (Å²) in [4.78, 5) is 0.436. The number of aliphatic hydroxyl groups excluding tert-OH is 1. The van der Waals surface area contributed by atoms with Crippen molar-refractivity contribution >= 4 is 11.8 Å². The van der Waals surface area contributed by atoms with Crippen LogP contribution in [0, 0.1) is 0 Å². The third-order valence-electron chi connectivity index (χ3n) is 4.10. The van der Waals surface area contributed by atoms with Crippen molar-refractivity contribution in [3.63, 3.8) is 0 Å². The van der Waals surface area contributed by atoms with Gasteiger partial charge < -0.3 is 15.2 Å². The van der Waals surface area contributed by atoms with Gasteiger partial charge >= 0.3 is 0 Å². The third-order valence-corrected chi connectivity index (χ3v) is 4.87. The van der Waals surface area contributed by atoms with E-state index < -0.39 is 5.76 Å². The van der Waals surface area contributed by atoms with Crippen LogP contribution in [0.15, 0.2) is 23.1 Å². The average molecular weight is 331 g/mol. The zero-order valence-corrected chi connectivity index (χ0v) is 13.7. The lowest BCUT2D eigenvalue weighted by atomic mass is 9.91. The quantitative estimate of drug-likeness (QED) is 0.774. The molecule has 124 valence electrons. The van der Waals surface area contributed by atoms with Gasteiger partial charge in [-0.05, 0) is 37.5 Å². The molecule has 22 heavy (non-hydrogen) atoms. The Kier molecular flexibility index (Phi) is 6.47. The minimum absolute atomic E-state index is 0.0252. The SMILES string of the molecule is COc1cc(C(C)NC2CCCCC2O)ccc1SC(F)F. The lowest BCUT2D eigenvalue weighted by Crippen LogP contribution is -2.43. The fourth-order valence-corrected chi connectivity index (χ4v) is 3.47. The standard InChI is InChI=1S/C16H23F2NO2S/c1-10(19-12-5-3-4-6-13(12)20)11-7-8-15(22-16(17)18)14(9-11)21-2/h7-10,12-13,16,19-20H,3-6H2,1-2H3. The minimum Gasteiger partial charge on any atom is -0.496 e. The Balaban J connectivity index is 2.07. The molecule has 2 N–H and O–H groups in total. The third kappa shape index (κ3) is 4.57. The maximum atomic E-state index is 12.5. The Morgan fingerprint density at radius 2 is 2.05 bits per heavy atom. The van der Waals surface area contributed by atoms with Crippen LogP contribution in [-0.2, 0) is 0 Å². The molecule has 0 aliphatic heterocycles. The van der Waals surface area contributed by atoms with Crippen LogP contribution in [0.1, 0.15) is 44.2 Å². The van der Waals surface area contributed by atoms with E-state index in [1.165, 1.54) is 7.11 Å². The van der Waals surface area contributed by atoms with E-state index >= 15 is 0 Å². The second kappa shape index (κ2) is 8.13. The first-order valence-corrected chi connectivity index (χ1v) is 8.46. The summed E-state index contributed by atoms with van der Waals surface area (Å²) in [5.74, 6) is -2.01. The molecule has 1 saturated carbocycles. The summed E-state index contributed by atoms with van der Waals surface area (Å²) in [6.07, 6.45) is 3.67. The molecule has 1 aromatic rings. The summed E-state index contributed by atoms with van der Waals surface area (Å²) in [6, 6.07) is 5.40. The van der Waals surface area contributed by atoms with Gasteiger partial charge in [0.25, 0.3) is 5.76 Å². The van der Waals surface area contributed by atoms with E-state index in [-0.39, 0.29) is 18.2 Å². The normalized spacial score (nSPS) is 23.5. The Morgan fingerprint density at radius 1 is 1.32 bits per heavy atom. The predicted octanol–water partition coefficient (Wildman–Crippen LogP) is 3.96. The van der Waals surface area contributed by atoms with Gasteiger partial charge in [-0.2, -0.15) is 8.78 Å². The summed E-state index contributed by atoms with van der Waals surface area (Å²) in [6.45, 7) is 2.01. The molecular formula is C16H23F2NO2S. The van der Waals surface area contributed by atoms with Crippen molar-refractivity contribution in [1.29, 1.82) is 0 Å². The van der Waals surface area contributed by atoms with Gasteiger partial charge in [-0.3, -0.25) is 0 Å². The van der Waals surface area contributed by atoms with Crippen LogP contribution >= 0.6 is 11.8 Å². The van der Waals surface area contributed by atoms with Gasteiger partial charge in [0, 0.05) is 12.1 Å². The van der Waals surface area contributed by atoms with E-state index in [1.54, 1.807) is 12.1 Å². The highest BCUT2D eigenvalue weighted by atomic mass is 32.2. The lowest BCUT2D eigenvalue weighted by molar-refractivity contribution is 0.0859. The molecule has 0 aromatic heterocycles. The number of rotatable bonds is 6. The smallest absolute Gasteiger partial charge is 0.289 e. The number of halogens is 2. The summed E-state index contributed by atoms with van der Waals surface area (Å²) < 4.78 is 30.2. The molecule has 3 unspecified atom stereocenters. The molecule has 1 fully saturated rings. The largest absolute Gasteiger partial charge is 0.496 e. The molecular weight excluding hydrogens is 308 g/mol. The molecule has 0 amide bonds. The molecule has 1 aliphatic rings. The Bertz CT molecular complexity index is 487. The Labute approximate surface area is 134 Å². The zero-order valence-electron chi connectivity index (χ0n) is 12.9. The highest BCUT2D eigenvalue weighted by Crippen LogP contribution is 2.35. The number of hydrogen-bond acceptors (Lipinski definition) is 4. The number of hydrogen-bond donors (Lipinski definition) is 2. The summed E-state index contributed by atoms with van der Waals surface area (Å²) in [5, 5.41) is 13.5. The predicted molar refractivity (Wildman–Crippen MR) is 84.7 cm³/mol. The summed E-state index contributed by atoms with van der Waals surface area (Å²) in [7, 11) is 1.48. The molecule has 0 spiro atoms. The molecule has 0 heterocycles. The number of thioether (sulfide) groups is 1.